The lowest BCUT2D eigenvalue weighted by Gasteiger charge is -2.28. The molecule has 48 heavy (non-hydrogen) atoms. The minimum atomic E-state index is -5.01. The predicted octanol–water partition coefficient (Wildman–Crippen LogP) is 3.12. The van der Waals surface area contributed by atoms with Crippen LogP contribution in [-0.2, 0) is 40.5 Å². The molecule has 0 amide bonds. The molecule has 5 N–H and O–H groups in total. The first kappa shape index (κ1) is 40.7. The van der Waals surface area contributed by atoms with Gasteiger partial charge in [-0.15, -0.1) is 0 Å². The third-order valence-corrected chi connectivity index (χ3v) is 10.5. The lowest BCUT2D eigenvalue weighted by Crippen LogP contribution is -2.26. The molecular formula is C28H37N2O14S4+. The second kappa shape index (κ2) is 15.8. The topological polar surface area (TPSA) is 261 Å². The number of allylic oxidation sites excluding steroid dienone is 4. The molecule has 0 spiro atoms. The Morgan fingerprint density at radius 2 is 1.42 bits per heavy atom. The zero-order chi connectivity index (χ0) is 36.8. The van der Waals surface area contributed by atoms with E-state index in [1.165, 1.54) is 43.0 Å². The van der Waals surface area contributed by atoms with Crippen molar-refractivity contribution < 1.29 is 66.4 Å². The Bertz CT molecular complexity index is 2100. The van der Waals surface area contributed by atoms with Gasteiger partial charge in [-0.2, -0.15) is 38.2 Å². The number of carboxylic acids is 1. The van der Waals surface area contributed by atoms with Crippen LogP contribution in [0.15, 0.2) is 64.0 Å². The number of benzene rings is 2. The quantitative estimate of drug-likeness (QED) is 0.0714. The van der Waals surface area contributed by atoms with E-state index in [2.05, 4.69) is 0 Å². The van der Waals surface area contributed by atoms with Gasteiger partial charge in [0.2, 0.25) is 5.69 Å². The largest absolute Gasteiger partial charge is 0.478 e. The van der Waals surface area contributed by atoms with Crippen LogP contribution in [0.25, 0.3) is 0 Å². The number of nitrogens with zero attached hydrogens (tertiary/aromatic N) is 2. The second-order valence-corrected chi connectivity index (χ2v) is 16.6. The van der Waals surface area contributed by atoms with Crippen molar-refractivity contribution in [2.75, 3.05) is 29.5 Å². The summed E-state index contributed by atoms with van der Waals surface area (Å²) in [6.07, 6.45) is 4.27. The summed E-state index contributed by atoms with van der Waals surface area (Å²) in [6.45, 7) is 5.80. The van der Waals surface area contributed by atoms with Crippen molar-refractivity contribution in [3.05, 3.63) is 70.9 Å². The summed E-state index contributed by atoms with van der Waals surface area (Å²) in [5, 5.41) is 9.58. The smallest absolute Gasteiger partial charge is 0.336 e. The van der Waals surface area contributed by atoms with Crippen LogP contribution >= 0.6 is 0 Å². The van der Waals surface area contributed by atoms with E-state index < -0.39 is 67.7 Å². The molecule has 0 aromatic heterocycles. The van der Waals surface area contributed by atoms with Gasteiger partial charge < -0.3 is 10.0 Å². The van der Waals surface area contributed by atoms with Crippen LogP contribution in [0.1, 0.15) is 48.2 Å². The maximum absolute atomic E-state index is 12.1. The van der Waals surface area contributed by atoms with Crippen LogP contribution in [0.4, 0.5) is 11.4 Å². The van der Waals surface area contributed by atoms with E-state index in [9.17, 15) is 61.8 Å². The fourth-order valence-corrected chi connectivity index (χ4v) is 7.14. The van der Waals surface area contributed by atoms with Crippen LogP contribution < -0.4 is 4.90 Å². The minimum absolute atomic E-state index is 0.00657. The summed E-state index contributed by atoms with van der Waals surface area (Å²) >= 11 is 0. The number of carboxylic acid groups (broad SMARTS) is 1. The Balaban J connectivity index is 2.74. The maximum atomic E-state index is 12.1. The molecule has 0 radical (unpaired) electrons. The molecule has 2 aromatic carbocycles. The molecule has 0 aliphatic rings. The van der Waals surface area contributed by atoms with Gasteiger partial charge in [0.15, 0.2) is 5.71 Å². The molecule has 0 fully saturated rings. The Labute approximate surface area is 279 Å². The molecule has 0 aliphatic heterocycles. The summed E-state index contributed by atoms with van der Waals surface area (Å²) in [5.41, 5.74) is 1.30. The summed E-state index contributed by atoms with van der Waals surface area (Å²) in [7, 11) is -18.7. The molecule has 2 aromatic rings. The lowest BCUT2D eigenvalue weighted by atomic mass is 10.1. The highest BCUT2D eigenvalue weighted by Crippen LogP contribution is 2.33. The predicted molar refractivity (Wildman–Crippen MR) is 177 cm³/mol. The number of aromatic carboxylic acids is 1. The van der Waals surface area contributed by atoms with E-state index in [0.29, 0.717) is 23.0 Å². The third-order valence-electron chi connectivity index (χ3n) is 7.09. The molecule has 0 bridgehead atoms. The first-order valence-corrected chi connectivity index (χ1v) is 20.0. The van der Waals surface area contributed by atoms with Crippen LogP contribution in [-0.4, -0.2) is 97.8 Å². The van der Waals surface area contributed by atoms with Crippen molar-refractivity contribution in [3.63, 3.8) is 0 Å². The molecule has 2 rings (SSSR count). The molecule has 0 aliphatic carbocycles. The van der Waals surface area contributed by atoms with Gasteiger partial charge in [-0.05, 0) is 57.0 Å². The molecule has 0 saturated carbocycles. The zero-order valence-electron chi connectivity index (χ0n) is 26.3. The second-order valence-electron chi connectivity index (χ2n) is 10.7. The van der Waals surface area contributed by atoms with Gasteiger partial charge in [-0.1, -0.05) is 12.1 Å². The van der Waals surface area contributed by atoms with Crippen LogP contribution in [0.3, 0.4) is 0 Å². The van der Waals surface area contributed by atoms with E-state index in [1.54, 1.807) is 30.6 Å². The van der Waals surface area contributed by atoms with Gasteiger partial charge in [0.05, 0.1) is 22.0 Å². The number of hydrogen-bond donors (Lipinski definition) is 5. The first-order valence-electron chi connectivity index (χ1n) is 13.9. The van der Waals surface area contributed by atoms with Crippen LogP contribution in [0, 0.1) is 13.8 Å². The molecule has 0 unspecified atom stereocenters. The summed E-state index contributed by atoms with van der Waals surface area (Å²) in [6, 6.07) is 6.03. The molecular weight excluding hydrogens is 717 g/mol. The molecule has 0 saturated heterocycles. The van der Waals surface area contributed by atoms with Gasteiger partial charge in [-0.3, -0.25) is 18.2 Å². The third kappa shape index (κ3) is 11.9. The fraction of sp³-hybridized carbons (Fsp3) is 0.357. The van der Waals surface area contributed by atoms with Crippen molar-refractivity contribution in [1.29, 1.82) is 0 Å². The first-order chi connectivity index (χ1) is 21.8. The average molecular weight is 754 g/mol. The van der Waals surface area contributed by atoms with Crippen LogP contribution in [0.2, 0.25) is 0 Å². The van der Waals surface area contributed by atoms with E-state index in [1.807, 2.05) is 0 Å². The number of carbonyl (C=O) groups is 1. The summed E-state index contributed by atoms with van der Waals surface area (Å²) < 4.78 is 133. The van der Waals surface area contributed by atoms with Crippen molar-refractivity contribution >= 4 is 63.5 Å². The zero-order valence-corrected chi connectivity index (χ0v) is 29.6. The Morgan fingerprint density at radius 3 is 1.94 bits per heavy atom. The number of hydrogen-bond acceptors (Lipinski definition) is 10. The van der Waals surface area contributed by atoms with Gasteiger partial charge in [0, 0.05) is 49.0 Å². The van der Waals surface area contributed by atoms with Crippen LogP contribution in [0.5, 0.6) is 0 Å². The average Bonchev–Trinajstić information content (AvgIpc) is 2.91. The van der Waals surface area contributed by atoms with Gasteiger partial charge >= 0.3 is 5.97 Å². The van der Waals surface area contributed by atoms with Crippen molar-refractivity contribution in [1.82, 2.24) is 0 Å². The molecule has 16 nitrogen and oxygen atoms in total. The monoisotopic (exact) mass is 753 g/mol. The summed E-state index contributed by atoms with van der Waals surface area (Å²) in [5.74, 6) is -2.46. The Hall–Kier alpha value is -3.50. The van der Waals surface area contributed by atoms with Crippen molar-refractivity contribution in [2.45, 2.75) is 50.3 Å². The molecule has 266 valence electrons. The molecule has 20 heteroatoms. The van der Waals surface area contributed by atoms with E-state index in [0.717, 1.165) is 6.07 Å². The molecule has 0 atom stereocenters. The highest BCUT2D eigenvalue weighted by Gasteiger charge is 2.25. The summed E-state index contributed by atoms with van der Waals surface area (Å²) in [4.78, 5) is 11.3. The SMILES string of the molecule is CC(=CC=CC(C)=[N+](CCCS(=O)(=O)O)c1cccc(C(=O)O)c1C)N(CCCS(=O)(=O)O)c1cc(S(=O)(=O)O)cc(S(=O)(=O)O)c1C. The van der Waals surface area contributed by atoms with Crippen molar-refractivity contribution in [3.8, 4) is 0 Å². The van der Waals surface area contributed by atoms with Crippen molar-refractivity contribution in [2.24, 2.45) is 0 Å². The van der Waals surface area contributed by atoms with Gasteiger partial charge in [0.25, 0.3) is 40.5 Å². The van der Waals surface area contributed by atoms with E-state index >= 15 is 0 Å². The van der Waals surface area contributed by atoms with Gasteiger partial charge in [-0.25, -0.2) is 4.79 Å². The normalized spacial score (nSPS) is 13.9. The minimum Gasteiger partial charge on any atom is -0.478 e. The standard InChI is InChI=1S/C28H36N2O14S4/c1-19(29(13-7-15-45(33,34)35)25-12-6-11-24(21(25)3)28(31)32)9-5-10-20(2)30(14-8-16-46(36,37)38)26-17-23(47(39,40)41)18-27(22(26)4)48(42,43)44/h5-6,9-12,17-18H,7-8,13-16H2,1-4H3,(H4-,31,32,33,34,35,36,37,38,39,40,41,42,43,44)/p+1. The highest BCUT2D eigenvalue weighted by atomic mass is 32.2. The Morgan fingerprint density at radius 1 is 0.833 bits per heavy atom. The maximum Gasteiger partial charge on any atom is 0.336 e. The Kier molecular flexibility index (Phi) is 13.4. The number of anilines is 1. The lowest BCUT2D eigenvalue weighted by molar-refractivity contribution is -0.440. The molecule has 0 heterocycles. The fourth-order valence-electron chi connectivity index (χ4n) is 4.78. The highest BCUT2D eigenvalue weighted by molar-refractivity contribution is 7.87. The van der Waals surface area contributed by atoms with E-state index in [-0.39, 0.29) is 48.4 Å². The number of rotatable bonds is 16. The van der Waals surface area contributed by atoms with E-state index in [4.69, 9.17) is 0 Å². The van der Waals surface area contributed by atoms with Gasteiger partial charge in [0.1, 0.15) is 11.4 Å².